The van der Waals surface area contributed by atoms with Crippen molar-refractivity contribution in [3.63, 3.8) is 0 Å². The van der Waals surface area contributed by atoms with E-state index >= 15 is 0 Å². The summed E-state index contributed by atoms with van der Waals surface area (Å²) in [5, 5.41) is 12.7. The summed E-state index contributed by atoms with van der Waals surface area (Å²) < 4.78 is 18.7. The number of aliphatic hydroxyl groups is 1. The Bertz CT molecular complexity index is 622. The lowest BCUT2D eigenvalue weighted by Crippen LogP contribution is -2.38. The van der Waals surface area contributed by atoms with Crippen LogP contribution in [0.3, 0.4) is 0 Å². The molecule has 2 aromatic rings. The summed E-state index contributed by atoms with van der Waals surface area (Å²) in [5.41, 5.74) is -1.49. The lowest BCUT2D eigenvalue weighted by Gasteiger charge is -2.21. The van der Waals surface area contributed by atoms with Crippen LogP contribution in [0.2, 0.25) is 0 Å². The molecular formula is C14H15FN2O3. The predicted molar refractivity (Wildman–Crippen MR) is 69.5 cm³/mol. The Hall–Kier alpha value is -2.21. The van der Waals surface area contributed by atoms with Gasteiger partial charge >= 0.3 is 0 Å². The largest absolute Gasteiger partial charge is 0.463 e. The molecule has 0 bridgehead atoms. The van der Waals surface area contributed by atoms with Crippen LogP contribution in [0.5, 0.6) is 0 Å². The Balaban J connectivity index is 2.05. The highest BCUT2D eigenvalue weighted by Crippen LogP contribution is 2.22. The van der Waals surface area contributed by atoms with Crippen molar-refractivity contribution >= 4 is 5.91 Å². The maximum atomic E-state index is 13.4. The van der Waals surface area contributed by atoms with Crippen LogP contribution in [0.1, 0.15) is 28.8 Å². The van der Waals surface area contributed by atoms with E-state index in [-0.39, 0.29) is 12.1 Å². The van der Waals surface area contributed by atoms with Crippen LogP contribution >= 0.6 is 0 Å². The molecule has 2 N–H and O–H groups in total. The lowest BCUT2D eigenvalue weighted by atomic mass is 10.0. The van der Waals surface area contributed by atoms with Crippen LogP contribution in [-0.4, -0.2) is 22.5 Å². The molecule has 0 aromatic carbocycles. The molecule has 6 heteroatoms. The van der Waals surface area contributed by atoms with E-state index in [4.69, 9.17) is 4.42 Å². The molecule has 5 nitrogen and oxygen atoms in total. The molecular weight excluding hydrogens is 263 g/mol. The molecule has 20 heavy (non-hydrogen) atoms. The fourth-order valence-electron chi connectivity index (χ4n) is 1.72. The number of hydrogen-bond donors (Lipinski definition) is 2. The van der Waals surface area contributed by atoms with Gasteiger partial charge in [-0.05, 0) is 32.0 Å². The first-order valence-corrected chi connectivity index (χ1v) is 6.07. The lowest BCUT2D eigenvalue weighted by molar-refractivity contribution is 0.0322. The Morgan fingerprint density at radius 1 is 1.50 bits per heavy atom. The highest BCUT2D eigenvalue weighted by Gasteiger charge is 2.27. The van der Waals surface area contributed by atoms with Gasteiger partial charge in [0.2, 0.25) is 0 Å². The number of carbonyl (C=O) groups is 1. The van der Waals surface area contributed by atoms with Crippen molar-refractivity contribution in [2.45, 2.75) is 19.4 Å². The van der Waals surface area contributed by atoms with E-state index in [1.54, 1.807) is 19.1 Å². The van der Waals surface area contributed by atoms with Crippen LogP contribution in [-0.2, 0) is 5.60 Å². The molecule has 0 aliphatic heterocycles. The molecule has 0 fully saturated rings. The Morgan fingerprint density at radius 3 is 2.85 bits per heavy atom. The summed E-state index contributed by atoms with van der Waals surface area (Å²) in [6.45, 7) is 3.17. The minimum absolute atomic E-state index is 0.0967. The topological polar surface area (TPSA) is 75.4 Å². The summed E-state index contributed by atoms with van der Waals surface area (Å²) in [5.74, 6) is -0.329. The van der Waals surface area contributed by atoms with E-state index in [9.17, 15) is 14.3 Å². The molecule has 106 valence electrons. The van der Waals surface area contributed by atoms with Gasteiger partial charge in [0, 0.05) is 6.20 Å². The standard InChI is InChI=1S/C14H15FN2O3/c1-9-3-4-12(20-9)14(2,19)8-17-13(18)10-5-6-16-7-11(10)15/h3-7,19H,8H2,1-2H3,(H,17,18). The molecule has 2 rings (SSSR count). The molecule has 0 aliphatic rings. The molecule has 1 amide bonds. The van der Waals surface area contributed by atoms with Crippen molar-refractivity contribution in [3.05, 3.63) is 53.5 Å². The van der Waals surface area contributed by atoms with E-state index in [1.165, 1.54) is 19.2 Å². The van der Waals surface area contributed by atoms with Crippen molar-refractivity contribution < 1.29 is 18.7 Å². The quantitative estimate of drug-likeness (QED) is 0.893. The van der Waals surface area contributed by atoms with Gasteiger partial charge in [0.15, 0.2) is 5.82 Å². The van der Waals surface area contributed by atoms with Gasteiger partial charge < -0.3 is 14.8 Å². The van der Waals surface area contributed by atoms with Crippen molar-refractivity contribution in [3.8, 4) is 0 Å². The minimum atomic E-state index is -1.37. The third kappa shape index (κ3) is 3.03. The van der Waals surface area contributed by atoms with Gasteiger partial charge in [-0.2, -0.15) is 0 Å². The zero-order valence-electron chi connectivity index (χ0n) is 11.2. The van der Waals surface area contributed by atoms with E-state index in [1.807, 2.05) is 0 Å². The Labute approximate surface area is 115 Å². The number of aryl methyl sites for hydroxylation is 1. The molecule has 0 radical (unpaired) electrons. The monoisotopic (exact) mass is 278 g/mol. The van der Waals surface area contributed by atoms with Crippen LogP contribution in [0.25, 0.3) is 0 Å². The van der Waals surface area contributed by atoms with Gasteiger partial charge in [-0.1, -0.05) is 0 Å². The highest BCUT2D eigenvalue weighted by atomic mass is 19.1. The number of nitrogens with one attached hydrogen (secondary N) is 1. The highest BCUT2D eigenvalue weighted by molar-refractivity contribution is 5.94. The number of amides is 1. The van der Waals surface area contributed by atoms with Gasteiger partial charge in [0.05, 0.1) is 18.3 Å². The number of hydrogen-bond acceptors (Lipinski definition) is 4. The number of furan rings is 1. The molecule has 0 spiro atoms. The third-order valence-corrected chi connectivity index (χ3v) is 2.88. The normalized spacial score (nSPS) is 13.8. The van der Waals surface area contributed by atoms with Gasteiger partial charge in [0.25, 0.3) is 5.91 Å². The average Bonchev–Trinajstić information content (AvgIpc) is 2.84. The maximum Gasteiger partial charge on any atom is 0.254 e. The number of carbonyl (C=O) groups excluding carboxylic acids is 1. The third-order valence-electron chi connectivity index (χ3n) is 2.88. The second-order valence-corrected chi connectivity index (χ2v) is 4.72. The van der Waals surface area contributed by atoms with Crippen LogP contribution in [0, 0.1) is 12.7 Å². The summed E-state index contributed by atoms with van der Waals surface area (Å²) in [7, 11) is 0. The second kappa shape index (κ2) is 5.42. The zero-order chi connectivity index (χ0) is 14.8. The maximum absolute atomic E-state index is 13.4. The molecule has 1 unspecified atom stereocenters. The Morgan fingerprint density at radius 2 is 2.25 bits per heavy atom. The molecule has 0 saturated carbocycles. The molecule has 2 aromatic heterocycles. The number of pyridine rings is 1. The van der Waals surface area contributed by atoms with Crippen molar-refractivity contribution in [2.24, 2.45) is 0 Å². The van der Waals surface area contributed by atoms with Gasteiger partial charge in [-0.25, -0.2) is 4.39 Å². The first-order chi connectivity index (χ1) is 9.40. The number of nitrogens with zero attached hydrogens (tertiary/aromatic N) is 1. The smallest absolute Gasteiger partial charge is 0.254 e. The Kier molecular flexibility index (Phi) is 3.85. The fourth-order valence-corrected chi connectivity index (χ4v) is 1.72. The molecule has 2 heterocycles. The van der Waals surface area contributed by atoms with Gasteiger partial charge in [-0.15, -0.1) is 0 Å². The van der Waals surface area contributed by atoms with E-state index in [0.29, 0.717) is 11.5 Å². The van der Waals surface area contributed by atoms with Crippen LogP contribution in [0.15, 0.2) is 35.0 Å². The van der Waals surface area contributed by atoms with Crippen LogP contribution in [0.4, 0.5) is 4.39 Å². The summed E-state index contributed by atoms with van der Waals surface area (Å²) in [4.78, 5) is 15.4. The minimum Gasteiger partial charge on any atom is -0.463 e. The van der Waals surface area contributed by atoms with Crippen molar-refractivity contribution in [2.75, 3.05) is 6.54 Å². The molecule has 1 atom stereocenters. The number of aromatic nitrogens is 1. The average molecular weight is 278 g/mol. The second-order valence-electron chi connectivity index (χ2n) is 4.72. The molecule has 0 aliphatic carbocycles. The fraction of sp³-hybridized carbons (Fsp3) is 0.286. The van der Waals surface area contributed by atoms with Crippen molar-refractivity contribution in [1.29, 1.82) is 0 Å². The van der Waals surface area contributed by atoms with E-state index in [2.05, 4.69) is 10.3 Å². The number of rotatable bonds is 4. The first kappa shape index (κ1) is 14.2. The van der Waals surface area contributed by atoms with Gasteiger partial charge in [0.1, 0.15) is 17.1 Å². The van der Waals surface area contributed by atoms with E-state index < -0.39 is 17.3 Å². The predicted octanol–water partition coefficient (Wildman–Crippen LogP) is 1.76. The van der Waals surface area contributed by atoms with Crippen molar-refractivity contribution in [1.82, 2.24) is 10.3 Å². The van der Waals surface area contributed by atoms with Crippen LogP contribution < -0.4 is 5.32 Å². The summed E-state index contributed by atoms with van der Waals surface area (Å²) in [6, 6.07) is 4.62. The summed E-state index contributed by atoms with van der Waals surface area (Å²) >= 11 is 0. The summed E-state index contributed by atoms with van der Waals surface area (Å²) in [6.07, 6.45) is 2.29. The van der Waals surface area contributed by atoms with E-state index in [0.717, 1.165) is 6.20 Å². The SMILES string of the molecule is Cc1ccc(C(C)(O)CNC(=O)c2ccncc2F)o1. The molecule has 0 saturated heterocycles. The first-order valence-electron chi connectivity index (χ1n) is 6.07. The number of halogens is 1. The van der Waals surface area contributed by atoms with Gasteiger partial charge in [-0.3, -0.25) is 9.78 Å². The zero-order valence-corrected chi connectivity index (χ0v) is 11.2.